The highest BCUT2D eigenvalue weighted by atomic mass is 35.5. The molecule has 0 saturated carbocycles. The van der Waals surface area contributed by atoms with Crippen molar-refractivity contribution in [2.24, 2.45) is 0 Å². The van der Waals surface area contributed by atoms with Gasteiger partial charge in [0.05, 0.1) is 15.5 Å². The van der Waals surface area contributed by atoms with E-state index in [-0.39, 0.29) is 21.8 Å². The Balaban J connectivity index is 1.94. The number of rotatable bonds is 7. The molecule has 2 atom stereocenters. The van der Waals surface area contributed by atoms with Gasteiger partial charge in [-0.05, 0) is 38.1 Å². The first-order valence-electron chi connectivity index (χ1n) is 8.88. The summed E-state index contributed by atoms with van der Waals surface area (Å²) in [6, 6.07) is 10.1. The quantitative estimate of drug-likeness (QED) is 0.378. The van der Waals surface area contributed by atoms with E-state index in [1.165, 1.54) is 50.2 Å². The van der Waals surface area contributed by atoms with E-state index in [0.29, 0.717) is 5.69 Å². The largest absolute Gasteiger partial charge is 0.451 e. The minimum absolute atomic E-state index is 0.00247. The fraction of sp³-hybridized carbons (Fsp3) is 0.200. The van der Waals surface area contributed by atoms with Crippen LogP contribution < -0.4 is 10.6 Å². The zero-order valence-corrected chi connectivity index (χ0v) is 17.2. The van der Waals surface area contributed by atoms with Gasteiger partial charge in [0, 0.05) is 23.4 Å². The second-order valence-corrected chi connectivity index (χ2v) is 6.78. The number of hydrogen-bond acceptors (Lipinski definition) is 7. The Hall–Kier alpha value is -3.97. The lowest BCUT2D eigenvalue weighted by Crippen LogP contribution is -2.42. The average molecular weight is 445 g/mol. The van der Waals surface area contributed by atoms with Crippen LogP contribution >= 0.6 is 11.6 Å². The number of nitro benzene ring substituents is 1. The van der Waals surface area contributed by atoms with Gasteiger partial charge in [-0.1, -0.05) is 17.7 Å². The van der Waals surface area contributed by atoms with Crippen LogP contribution in [0.2, 0.25) is 5.02 Å². The summed E-state index contributed by atoms with van der Waals surface area (Å²) >= 11 is 5.91. The number of amides is 2. The lowest BCUT2D eigenvalue weighted by Gasteiger charge is -2.17. The van der Waals surface area contributed by atoms with Crippen LogP contribution in [0, 0.1) is 21.4 Å². The number of esters is 1. The van der Waals surface area contributed by atoms with Gasteiger partial charge in [-0.25, -0.2) is 4.79 Å². The van der Waals surface area contributed by atoms with Crippen LogP contribution in [0.4, 0.5) is 11.4 Å². The van der Waals surface area contributed by atoms with E-state index in [9.17, 15) is 24.5 Å². The smallest absolute Gasteiger partial charge is 0.329 e. The number of carbonyl (C=O) groups excluding carboxylic acids is 3. The van der Waals surface area contributed by atoms with Crippen molar-refractivity contribution in [3.63, 3.8) is 0 Å². The molecular weight excluding hydrogens is 428 g/mol. The number of benzene rings is 2. The molecule has 2 aromatic rings. The van der Waals surface area contributed by atoms with Crippen LogP contribution in [0.3, 0.4) is 0 Å². The third-order valence-electron chi connectivity index (χ3n) is 4.04. The topological polar surface area (TPSA) is 151 Å². The monoisotopic (exact) mass is 444 g/mol. The minimum Gasteiger partial charge on any atom is -0.451 e. The van der Waals surface area contributed by atoms with E-state index in [2.05, 4.69) is 10.6 Å². The first-order valence-corrected chi connectivity index (χ1v) is 9.26. The molecule has 2 rings (SSSR count). The molecule has 10 nitrogen and oxygen atoms in total. The molecule has 0 aliphatic heterocycles. The van der Waals surface area contributed by atoms with Gasteiger partial charge in [0.25, 0.3) is 17.5 Å². The minimum atomic E-state index is -1.20. The zero-order valence-electron chi connectivity index (χ0n) is 16.4. The number of nitrogens with zero attached hydrogens (tertiary/aromatic N) is 2. The van der Waals surface area contributed by atoms with Crippen LogP contribution in [0.1, 0.15) is 29.8 Å². The first-order chi connectivity index (χ1) is 14.6. The van der Waals surface area contributed by atoms with Gasteiger partial charge in [0.1, 0.15) is 12.1 Å². The summed E-state index contributed by atoms with van der Waals surface area (Å²) in [6.45, 7) is 2.69. The summed E-state index contributed by atoms with van der Waals surface area (Å²) in [5.74, 6) is -2.23. The average Bonchev–Trinajstić information content (AvgIpc) is 2.73. The highest BCUT2D eigenvalue weighted by Gasteiger charge is 2.24. The Morgan fingerprint density at radius 3 is 2.52 bits per heavy atom. The predicted octanol–water partition coefficient (Wildman–Crippen LogP) is 2.81. The van der Waals surface area contributed by atoms with Crippen molar-refractivity contribution in [1.82, 2.24) is 5.32 Å². The van der Waals surface area contributed by atoms with Crippen molar-refractivity contribution in [2.75, 3.05) is 5.32 Å². The standard InChI is InChI=1S/C20H17ClN4O6/c1-11(23-19(27)13-4-3-5-16(8-13)25(29)30)20(28)31-12(2)18(26)24-15-7-6-14(10-22)17(21)9-15/h3-9,11-12H,1-2H3,(H,23,27)(H,24,26)/t11-,12?/m0/s1. The number of ether oxygens (including phenoxy) is 1. The van der Waals surface area contributed by atoms with Crippen LogP contribution in [0.25, 0.3) is 0 Å². The number of halogens is 1. The van der Waals surface area contributed by atoms with Crippen molar-refractivity contribution in [2.45, 2.75) is 26.0 Å². The number of non-ortho nitro benzene ring substituents is 1. The Morgan fingerprint density at radius 2 is 1.90 bits per heavy atom. The number of nitro groups is 1. The summed E-state index contributed by atoms with van der Waals surface area (Å²) in [7, 11) is 0. The van der Waals surface area contributed by atoms with Crippen LogP contribution in [-0.2, 0) is 14.3 Å². The normalized spacial score (nSPS) is 12.1. The third kappa shape index (κ3) is 6.25. The van der Waals surface area contributed by atoms with Gasteiger partial charge < -0.3 is 15.4 Å². The van der Waals surface area contributed by atoms with Crippen LogP contribution in [0.5, 0.6) is 0 Å². The molecule has 2 aromatic carbocycles. The summed E-state index contributed by atoms with van der Waals surface area (Å²) < 4.78 is 5.06. The molecule has 0 aliphatic rings. The molecule has 0 radical (unpaired) electrons. The molecule has 160 valence electrons. The third-order valence-corrected chi connectivity index (χ3v) is 4.35. The maximum Gasteiger partial charge on any atom is 0.329 e. The van der Waals surface area contributed by atoms with E-state index in [1.54, 1.807) is 0 Å². The van der Waals surface area contributed by atoms with Crippen molar-refractivity contribution in [3.05, 3.63) is 68.7 Å². The fourth-order valence-electron chi connectivity index (χ4n) is 2.36. The van der Waals surface area contributed by atoms with E-state index >= 15 is 0 Å². The number of nitriles is 1. The molecule has 0 aromatic heterocycles. The Kier molecular flexibility index (Phi) is 7.65. The highest BCUT2D eigenvalue weighted by molar-refractivity contribution is 6.32. The van der Waals surface area contributed by atoms with Gasteiger partial charge in [0.2, 0.25) is 0 Å². The summed E-state index contributed by atoms with van der Waals surface area (Å²) in [4.78, 5) is 46.8. The molecule has 1 unspecified atom stereocenters. The molecule has 0 bridgehead atoms. The summed E-state index contributed by atoms with van der Waals surface area (Å²) in [5, 5.41) is 24.7. The molecule has 0 spiro atoms. The fourth-order valence-corrected chi connectivity index (χ4v) is 2.58. The highest BCUT2D eigenvalue weighted by Crippen LogP contribution is 2.20. The summed E-state index contributed by atoms with van der Waals surface area (Å²) in [5.41, 5.74) is 0.282. The molecule has 0 heterocycles. The number of carbonyl (C=O) groups is 3. The molecular formula is C20H17ClN4O6. The molecule has 0 aliphatic carbocycles. The van der Waals surface area contributed by atoms with Gasteiger partial charge in [-0.3, -0.25) is 19.7 Å². The van der Waals surface area contributed by atoms with E-state index in [1.807, 2.05) is 6.07 Å². The molecule has 0 fully saturated rings. The van der Waals surface area contributed by atoms with Crippen molar-refractivity contribution < 1.29 is 24.0 Å². The first kappa shape index (κ1) is 23.3. The molecule has 2 amide bonds. The number of nitrogens with one attached hydrogen (secondary N) is 2. The Morgan fingerprint density at radius 1 is 1.19 bits per heavy atom. The van der Waals surface area contributed by atoms with Gasteiger partial charge in [0.15, 0.2) is 6.10 Å². The maximum absolute atomic E-state index is 12.2. The second kappa shape index (κ2) is 10.2. The molecule has 11 heteroatoms. The zero-order chi connectivity index (χ0) is 23.1. The van der Waals surface area contributed by atoms with Crippen LogP contribution in [0.15, 0.2) is 42.5 Å². The lowest BCUT2D eigenvalue weighted by molar-refractivity contribution is -0.384. The Bertz CT molecular complexity index is 1080. The van der Waals surface area contributed by atoms with Crippen LogP contribution in [-0.4, -0.2) is 34.9 Å². The predicted molar refractivity (Wildman–Crippen MR) is 110 cm³/mol. The van der Waals surface area contributed by atoms with Crippen molar-refractivity contribution in [3.8, 4) is 6.07 Å². The van der Waals surface area contributed by atoms with Crippen molar-refractivity contribution >= 4 is 40.8 Å². The molecule has 31 heavy (non-hydrogen) atoms. The maximum atomic E-state index is 12.2. The van der Waals surface area contributed by atoms with Gasteiger partial charge in [-0.2, -0.15) is 5.26 Å². The van der Waals surface area contributed by atoms with Crippen molar-refractivity contribution in [1.29, 1.82) is 5.26 Å². The van der Waals surface area contributed by atoms with E-state index in [4.69, 9.17) is 21.6 Å². The second-order valence-electron chi connectivity index (χ2n) is 6.38. The molecule has 2 N–H and O–H groups in total. The lowest BCUT2D eigenvalue weighted by atomic mass is 10.2. The Labute approximate surface area is 181 Å². The van der Waals surface area contributed by atoms with E-state index in [0.717, 1.165) is 6.07 Å². The summed E-state index contributed by atoms with van der Waals surface area (Å²) in [6.07, 6.45) is -1.20. The SMILES string of the molecule is CC(OC(=O)[C@H](C)NC(=O)c1cccc([N+](=O)[O-])c1)C(=O)Nc1ccc(C#N)c(Cl)c1. The number of anilines is 1. The van der Waals surface area contributed by atoms with Gasteiger partial charge >= 0.3 is 5.97 Å². The van der Waals surface area contributed by atoms with E-state index < -0.39 is 34.9 Å². The number of hydrogen-bond donors (Lipinski definition) is 2. The molecule has 0 saturated heterocycles. The van der Waals surface area contributed by atoms with Gasteiger partial charge in [-0.15, -0.1) is 0 Å².